The summed E-state index contributed by atoms with van der Waals surface area (Å²) < 4.78 is 0. The van der Waals surface area contributed by atoms with Crippen LogP contribution in [0.25, 0.3) is 0 Å². The van der Waals surface area contributed by atoms with E-state index in [1.807, 2.05) is 60.7 Å². The Labute approximate surface area is 113 Å². The first-order valence-electron chi connectivity index (χ1n) is 5.98. The summed E-state index contributed by atoms with van der Waals surface area (Å²) in [6.45, 7) is 3.58. The third kappa shape index (κ3) is 3.22. The van der Waals surface area contributed by atoms with Gasteiger partial charge in [-0.05, 0) is 6.72 Å². The van der Waals surface area contributed by atoms with Gasteiger partial charge in [0.25, 0.3) is 0 Å². The molecule has 0 fully saturated rings. The van der Waals surface area contributed by atoms with Crippen molar-refractivity contribution in [1.82, 2.24) is 0 Å². The lowest BCUT2D eigenvalue weighted by atomic mass is 10.2. The van der Waals surface area contributed by atoms with E-state index in [9.17, 15) is 0 Å². The minimum atomic E-state index is 0.574. The van der Waals surface area contributed by atoms with Gasteiger partial charge in [0.2, 0.25) is 0 Å². The van der Waals surface area contributed by atoms with Crippen molar-refractivity contribution in [3.05, 3.63) is 71.8 Å². The summed E-state index contributed by atoms with van der Waals surface area (Å²) in [6, 6.07) is 19.6. The van der Waals surface area contributed by atoms with Crippen molar-refractivity contribution in [3.63, 3.8) is 0 Å². The van der Waals surface area contributed by atoms with E-state index in [0.717, 1.165) is 11.1 Å². The standard InChI is InChI=1S/C16H15N3/c1-17-15(13-9-5-3-6-10-13)19-16(18-2)14-11-7-4-8-12-14/h3-12H,1H2,2H3. The van der Waals surface area contributed by atoms with Gasteiger partial charge in [-0.2, -0.15) is 0 Å². The number of nitrogens with zero attached hydrogens (tertiary/aromatic N) is 3. The SMILES string of the molecule is C=NC(=NC(=NC)c1ccccc1)c1ccccc1. The normalized spacial score (nSPS) is 12.3. The largest absolute Gasteiger partial charge is 0.270 e. The molecular weight excluding hydrogens is 234 g/mol. The summed E-state index contributed by atoms with van der Waals surface area (Å²) in [6.07, 6.45) is 0. The third-order valence-corrected chi connectivity index (χ3v) is 2.64. The highest BCUT2D eigenvalue weighted by Crippen LogP contribution is 2.07. The van der Waals surface area contributed by atoms with Crippen molar-refractivity contribution >= 4 is 18.4 Å². The monoisotopic (exact) mass is 249 g/mol. The molecule has 0 spiro atoms. The molecule has 0 atom stereocenters. The first-order chi connectivity index (χ1) is 9.35. The van der Waals surface area contributed by atoms with E-state index in [4.69, 9.17) is 0 Å². The van der Waals surface area contributed by atoms with Gasteiger partial charge in [0.05, 0.1) is 0 Å². The Morgan fingerprint density at radius 1 is 0.789 bits per heavy atom. The van der Waals surface area contributed by atoms with Gasteiger partial charge >= 0.3 is 0 Å². The minimum absolute atomic E-state index is 0.574. The van der Waals surface area contributed by atoms with E-state index in [-0.39, 0.29) is 0 Å². The Morgan fingerprint density at radius 2 is 1.26 bits per heavy atom. The highest BCUT2D eigenvalue weighted by molar-refractivity contribution is 6.12. The van der Waals surface area contributed by atoms with Crippen molar-refractivity contribution in [3.8, 4) is 0 Å². The van der Waals surface area contributed by atoms with Gasteiger partial charge in [-0.15, -0.1) is 0 Å². The highest BCUT2D eigenvalue weighted by Gasteiger charge is 2.04. The second-order valence-electron chi connectivity index (χ2n) is 3.87. The van der Waals surface area contributed by atoms with Crippen LogP contribution in [0.4, 0.5) is 0 Å². The Morgan fingerprint density at radius 3 is 1.68 bits per heavy atom. The molecule has 3 nitrogen and oxygen atoms in total. The van der Waals surface area contributed by atoms with Crippen LogP contribution in [0.5, 0.6) is 0 Å². The number of rotatable bonds is 2. The maximum atomic E-state index is 4.49. The fraction of sp³-hybridized carbons (Fsp3) is 0.0625. The molecule has 0 aliphatic carbocycles. The fourth-order valence-electron chi connectivity index (χ4n) is 1.71. The predicted molar refractivity (Wildman–Crippen MR) is 81.4 cm³/mol. The summed E-state index contributed by atoms with van der Waals surface area (Å²) in [5, 5.41) is 0. The zero-order chi connectivity index (χ0) is 13.5. The summed E-state index contributed by atoms with van der Waals surface area (Å²) in [5.74, 6) is 1.22. The third-order valence-electron chi connectivity index (χ3n) is 2.64. The molecule has 2 rings (SSSR count). The Hall–Kier alpha value is -2.55. The molecule has 0 aromatic heterocycles. The smallest absolute Gasteiger partial charge is 0.161 e. The van der Waals surface area contributed by atoms with Gasteiger partial charge in [0.15, 0.2) is 11.7 Å². The number of benzene rings is 2. The molecular formula is C16H15N3. The van der Waals surface area contributed by atoms with Crippen molar-refractivity contribution in [2.75, 3.05) is 7.05 Å². The van der Waals surface area contributed by atoms with E-state index in [1.165, 1.54) is 0 Å². The Kier molecular flexibility index (Phi) is 4.34. The van der Waals surface area contributed by atoms with E-state index in [2.05, 4.69) is 21.7 Å². The van der Waals surface area contributed by atoms with Gasteiger partial charge in [0, 0.05) is 18.2 Å². The van der Waals surface area contributed by atoms with Gasteiger partial charge in [0.1, 0.15) is 0 Å². The van der Waals surface area contributed by atoms with Crippen molar-refractivity contribution < 1.29 is 0 Å². The van der Waals surface area contributed by atoms with Gasteiger partial charge < -0.3 is 0 Å². The molecule has 0 saturated heterocycles. The number of amidine groups is 2. The van der Waals surface area contributed by atoms with Crippen LogP contribution in [0, 0.1) is 0 Å². The van der Waals surface area contributed by atoms with Crippen LogP contribution in [-0.4, -0.2) is 25.4 Å². The molecule has 0 amide bonds. The molecule has 0 bridgehead atoms. The maximum Gasteiger partial charge on any atom is 0.161 e. The van der Waals surface area contributed by atoms with Crippen LogP contribution >= 0.6 is 0 Å². The number of aliphatic imine (C=N–C) groups is 3. The van der Waals surface area contributed by atoms with Gasteiger partial charge in [-0.25, -0.2) is 9.98 Å². The summed E-state index contributed by atoms with van der Waals surface area (Å²) >= 11 is 0. The molecule has 19 heavy (non-hydrogen) atoms. The lowest BCUT2D eigenvalue weighted by Gasteiger charge is -2.03. The average molecular weight is 249 g/mol. The van der Waals surface area contributed by atoms with E-state index in [1.54, 1.807) is 7.05 Å². The molecule has 0 unspecified atom stereocenters. The summed E-state index contributed by atoms with van der Waals surface area (Å²) in [5.41, 5.74) is 1.89. The van der Waals surface area contributed by atoms with Crippen LogP contribution < -0.4 is 0 Å². The number of hydrogen-bond donors (Lipinski definition) is 0. The van der Waals surface area contributed by atoms with Crippen molar-refractivity contribution in [2.24, 2.45) is 15.0 Å². The molecule has 0 aliphatic rings. The minimum Gasteiger partial charge on any atom is -0.270 e. The van der Waals surface area contributed by atoms with Gasteiger partial charge in [-0.1, -0.05) is 60.7 Å². The van der Waals surface area contributed by atoms with Crippen molar-refractivity contribution in [2.45, 2.75) is 0 Å². The number of hydrogen-bond acceptors (Lipinski definition) is 1. The first-order valence-corrected chi connectivity index (χ1v) is 5.98. The Bertz CT molecular complexity index is 598. The van der Waals surface area contributed by atoms with Crippen LogP contribution in [0.2, 0.25) is 0 Å². The molecule has 3 heteroatoms. The van der Waals surface area contributed by atoms with Gasteiger partial charge in [-0.3, -0.25) is 4.99 Å². The molecule has 2 aromatic rings. The lowest BCUT2D eigenvalue weighted by Crippen LogP contribution is -2.04. The summed E-state index contributed by atoms with van der Waals surface area (Å²) in [7, 11) is 1.72. The molecule has 2 aromatic carbocycles. The zero-order valence-electron chi connectivity index (χ0n) is 10.8. The van der Waals surface area contributed by atoms with E-state index in [0.29, 0.717) is 11.7 Å². The average Bonchev–Trinajstić information content (AvgIpc) is 2.50. The molecule has 0 heterocycles. The lowest BCUT2D eigenvalue weighted by molar-refractivity contribution is 1.37. The van der Waals surface area contributed by atoms with Crippen molar-refractivity contribution in [1.29, 1.82) is 0 Å². The van der Waals surface area contributed by atoms with E-state index >= 15 is 0 Å². The predicted octanol–water partition coefficient (Wildman–Crippen LogP) is 3.21. The van der Waals surface area contributed by atoms with E-state index < -0.39 is 0 Å². The topological polar surface area (TPSA) is 37.1 Å². The quantitative estimate of drug-likeness (QED) is 0.579. The Balaban J connectivity index is 2.40. The van der Waals surface area contributed by atoms with Crippen LogP contribution in [-0.2, 0) is 0 Å². The highest BCUT2D eigenvalue weighted by atomic mass is 15.0. The molecule has 94 valence electrons. The molecule has 0 aliphatic heterocycles. The van der Waals surface area contributed by atoms with Crippen LogP contribution in [0.15, 0.2) is 75.6 Å². The van der Waals surface area contributed by atoms with Crippen LogP contribution in [0.3, 0.4) is 0 Å². The second-order valence-corrected chi connectivity index (χ2v) is 3.87. The molecule has 0 radical (unpaired) electrons. The fourth-order valence-corrected chi connectivity index (χ4v) is 1.71. The zero-order valence-corrected chi connectivity index (χ0v) is 10.8. The van der Waals surface area contributed by atoms with Crippen LogP contribution in [0.1, 0.15) is 11.1 Å². The molecule has 0 N–H and O–H groups in total. The molecule has 0 saturated carbocycles. The second kappa shape index (κ2) is 6.40. The first kappa shape index (κ1) is 12.9. The summed E-state index contributed by atoms with van der Waals surface area (Å²) in [4.78, 5) is 12.7. The maximum absolute atomic E-state index is 4.49.